The van der Waals surface area contributed by atoms with Crippen LogP contribution < -0.4 is 4.90 Å². The lowest BCUT2D eigenvalue weighted by atomic mass is 10.1. The van der Waals surface area contributed by atoms with Crippen LogP contribution in [0.4, 0.5) is 5.69 Å². The molecule has 0 radical (unpaired) electrons. The summed E-state index contributed by atoms with van der Waals surface area (Å²) < 4.78 is 7.05. The van der Waals surface area contributed by atoms with Crippen molar-refractivity contribution in [1.29, 1.82) is 0 Å². The van der Waals surface area contributed by atoms with Crippen molar-refractivity contribution in [3.8, 4) is 11.3 Å². The van der Waals surface area contributed by atoms with Crippen molar-refractivity contribution in [3.63, 3.8) is 0 Å². The lowest BCUT2D eigenvalue weighted by Gasteiger charge is -2.21. The number of halogens is 3. The molecule has 2 heterocycles. The van der Waals surface area contributed by atoms with Gasteiger partial charge in [-0.15, -0.1) is 0 Å². The van der Waals surface area contributed by atoms with Gasteiger partial charge >= 0.3 is 0 Å². The summed E-state index contributed by atoms with van der Waals surface area (Å²) in [6.07, 6.45) is 3.65. The minimum atomic E-state index is -0.116. The summed E-state index contributed by atoms with van der Waals surface area (Å²) in [5.41, 5.74) is 3.83. The van der Waals surface area contributed by atoms with Crippen molar-refractivity contribution in [2.45, 2.75) is 0 Å². The quantitative estimate of drug-likeness (QED) is 0.179. The van der Waals surface area contributed by atoms with E-state index in [4.69, 9.17) is 27.6 Å². The lowest BCUT2D eigenvalue weighted by molar-refractivity contribution is -0.113. The summed E-state index contributed by atoms with van der Waals surface area (Å²) in [5, 5.41) is 1.11. The van der Waals surface area contributed by atoms with Crippen LogP contribution in [0.15, 0.2) is 101 Å². The van der Waals surface area contributed by atoms with E-state index in [-0.39, 0.29) is 5.91 Å². The Morgan fingerprint density at radius 2 is 1.70 bits per heavy atom. The van der Waals surface area contributed by atoms with Crippen LogP contribution in [0.1, 0.15) is 11.3 Å². The zero-order valence-electron chi connectivity index (χ0n) is 17.1. The highest BCUT2D eigenvalue weighted by atomic mass is 127. The number of furan rings is 1. The van der Waals surface area contributed by atoms with Gasteiger partial charge in [0.25, 0.3) is 5.91 Å². The average molecular weight is 584 g/mol. The van der Waals surface area contributed by atoms with Crippen LogP contribution in [0.2, 0.25) is 10.0 Å². The number of rotatable bonds is 4. The largest absolute Gasteiger partial charge is 0.457 e. The van der Waals surface area contributed by atoms with Crippen LogP contribution in [0, 0.1) is 3.57 Å². The van der Waals surface area contributed by atoms with Gasteiger partial charge in [0.05, 0.1) is 16.4 Å². The van der Waals surface area contributed by atoms with Crippen LogP contribution in [-0.2, 0) is 4.79 Å². The van der Waals surface area contributed by atoms with E-state index < -0.39 is 0 Å². The fourth-order valence-corrected chi connectivity index (χ4v) is 4.63. The van der Waals surface area contributed by atoms with Crippen LogP contribution in [0.25, 0.3) is 23.1 Å². The summed E-state index contributed by atoms with van der Waals surface area (Å²) in [7, 11) is 0. The van der Waals surface area contributed by atoms with E-state index in [2.05, 4.69) is 22.6 Å². The Morgan fingerprint density at radius 1 is 0.879 bits per heavy atom. The maximum absolute atomic E-state index is 13.5. The lowest BCUT2D eigenvalue weighted by Crippen LogP contribution is -2.25. The minimum absolute atomic E-state index is 0.116. The first-order valence-electron chi connectivity index (χ1n) is 10.1. The molecule has 1 aromatic heterocycles. The topological polar surface area (TPSA) is 33.5 Å². The number of anilines is 1. The van der Waals surface area contributed by atoms with Crippen molar-refractivity contribution in [2.75, 3.05) is 4.90 Å². The first kappa shape index (κ1) is 22.0. The number of hydrogen-bond donors (Lipinski definition) is 0. The highest BCUT2D eigenvalue weighted by Gasteiger charge is 2.30. The summed E-state index contributed by atoms with van der Waals surface area (Å²) in [4.78, 5) is 15.2. The van der Waals surface area contributed by atoms with E-state index in [9.17, 15) is 4.79 Å². The van der Waals surface area contributed by atoms with Crippen molar-refractivity contribution in [1.82, 2.24) is 0 Å². The first-order valence-corrected chi connectivity index (χ1v) is 12.0. The molecule has 0 saturated carbocycles. The van der Waals surface area contributed by atoms with Gasteiger partial charge in [-0.05, 0) is 88.8 Å². The van der Waals surface area contributed by atoms with Crippen LogP contribution >= 0.6 is 45.8 Å². The van der Waals surface area contributed by atoms with Gasteiger partial charge in [0.2, 0.25) is 0 Å². The Bertz CT molecular complexity index is 1420. The molecule has 33 heavy (non-hydrogen) atoms. The standard InChI is InChI=1S/C27H16Cl2INO2/c28-19-9-11-24(29)23(15-19)26-12-10-22(33-26)13-18-14-25(17-5-2-1-3-6-17)31(27(18)32)21-8-4-7-20(30)16-21/h1-16H/b18-13+. The van der Waals surface area contributed by atoms with Gasteiger partial charge in [-0.3, -0.25) is 9.69 Å². The normalized spacial score (nSPS) is 14.8. The van der Waals surface area contributed by atoms with Crippen molar-refractivity contribution in [3.05, 3.63) is 122 Å². The third-order valence-electron chi connectivity index (χ3n) is 5.24. The molecule has 6 heteroatoms. The Morgan fingerprint density at radius 3 is 2.48 bits per heavy atom. The molecular weight excluding hydrogens is 568 g/mol. The number of amides is 1. The summed E-state index contributed by atoms with van der Waals surface area (Å²) >= 11 is 14.7. The maximum atomic E-state index is 13.5. The van der Waals surface area contributed by atoms with E-state index >= 15 is 0 Å². The Kier molecular flexibility index (Phi) is 6.15. The second kappa shape index (κ2) is 9.21. The number of carbonyl (C=O) groups is 1. The fraction of sp³-hybridized carbons (Fsp3) is 0. The highest BCUT2D eigenvalue weighted by Crippen LogP contribution is 2.37. The second-order valence-electron chi connectivity index (χ2n) is 7.44. The monoisotopic (exact) mass is 583 g/mol. The molecule has 3 aromatic carbocycles. The third-order valence-corrected chi connectivity index (χ3v) is 6.47. The molecule has 1 aliphatic rings. The second-order valence-corrected chi connectivity index (χ2v) is 9.53. The van der Waals surface area contributed by atoms with Crippen LogP contribution in [-0.4, -0.2) is 5.91 Å². The molecule has 0 unspecified atom stereocenters. The van der Waals surface area contributed by atoms with Crippen molar-refractivity contribution < 1.29 is 9.21 Å². The van der Waals surface area contributed by atoms with Gasteiger partial charge in [0, 0.05) is 19.7 Å². The number of benzene rings is 3. The number of carbonyl (C=O) groups excluding carboxylic acids is 1. The summed E-state index contributed by atoms with van der Waals surface area (Å²) in [5.74, 6) is 1.02. The molecule has 4 aromatic rings. The molecule has 3 nitrogen and oxygen atoms in total. The zero-order chi connectivity index (χ0) is 22.9. The number of hydrogen-bond acceptors (Lipinski definition) is 2. The molecule has 0 N–H and O–H groups in total. The predicted molar refractivity (Wildman–Crippen MR) is 143 cm³/mol. The SMILES string of the molecule is O=C1/C(=C/c2ccc(-c3cc(Cl)ccc3Cl)o2)C=C(c2ccccc2)N1c1cccc(I)c1. The summed E-state index contributed by atoms with van der Waals surface area (Å²) in [6.45, 7) is 0. The van der Waals surface area contributed by atoms with Gasteiger partial charge in [-0.25, -0.2) is 0 Å². The smallest absolute Gasteiger partial charge is 0.263 e. The Hall–Kier alpha value is -2.80. The molecular formula is C27H16Cl2INO2. The van der Waals surface area contributed by atoms with Crippen LogP contribution in [0.3, 0.4) is 0 Å². The molecule has 0 aliphatic carbocycles. The Labute approximate surface area is 215 Å². The first-order chi connectivity index (χ1) is 16.0. The fourth-order valence-electron chi connectivity index (χ4n) is 3.72. The minimum Gasteiger partial charge on any atom is -0.457 e. The van der Waals surface area contributed by atoms with E-state index in [1.165, 1.54) is 0 Å². The van der Waals surface area contributed by atoms with E-state index in [0.717, 1.165) is 20.5 Å². The third kappa shape index (κ3) is 4.51. The van der Waals surface area contributed by atoms with Gasteiger partial charge in [-0.1, -0.05) is 59.6 Å². The van der Waals surface area contributed by atoms with Crippen molar-refractivity contribution in [2.24, 2.45) is 0 Å². The molecule has 0 atom stereocenters. The molecule has 0 spiro atoms. The van der Waals surface area contributed by atoms with E-state index in [0.29, 0.717) is 32.7 Å². The molecule has 1 amide bonds. The van der Waals surface area contributed by atoms with Gasteiger partial charge in [0.15, 0.2) is 0 Å². The molecule has 0 saturated heterocycles. The summed E-state index contributed by atoms with van der Waals surface area (Å²) in [6, 6.07) is 26.6. The van der Waals surface area contributed by atoms with E-state index in [1.807, 2.05) is 72.8 Å². The van der Waals surface area contributed by atoms with Crippen LogP contribution in [0.5, 0.6) is 0 Å². The number of nitrogens with zero attached hydrogens (tertiary/aromatic N) is 1. The molecule has 162 valence electrons. The Balaban J connectivity index is 1.56. The molecule has 0 fully saturated rings. The zero-order valence-corrected chi connectivity index (χ0v) is 20.8. The molecule has 0 bridgehead atoms. The average Bonchev–Trinajstić information content (AvgIpc) is 3.41. The van der Waals surface area contributed by atoms with Crippen molar-refractivity contribution >= 4 is 69.2 Å². The highest BCUT2D eigenvalue weighted by molar-refractivity contribution is 14.1. The van der Waals surface area contributed by atoms with Gasteiger partial charge in [-0.2, -0.15) is 0 Å². The van der Waals surface area contributed by atoms with Gasteiger partial charge < -0.3 is 4.42 Å². The van der Waals surface area contributed by atoms with E-state index in [1.54, 1.807) is 29.2 Å². The maximum Gasteiger partial charge on any atom is 0.263 e. The van der Waals surface area contributed by atoms with Gasteiger partial charge in [0.1, 0.15) is 11.5 Å². The molecule has 1 aliphatic heterocycles. The predicted octanol–water partition coefficient (Wildman–Crippen LogP) is 8.33. The molecule has 5 rings (SSSR count).